The minimum Gasteiger partial charge on any atom is -0.292 e. The fraction of sp³-hybridized carbons (Fsp3) is 0.368. The van der Waals surface area contributed by atoms with E-state index < -0.39 is 67.7 Å². The van der Waals surface area contributed by atoms with Crippen LogP contribution < -0.4 is 15.6 Å². The number of sulfonamides is 1. The van der Waals surface area contributed by atoms with Crippen LogP contribution in [0.2, 0.25) is 0 Å². The number of halogens is 4. The Kier molecular flexibility index (Phi) is 6.89. The van der Waals surface area contributed by atoms with E-state index in [1.165, 1.54) is 13.0 Å². The van der Waals surface area contributed by atoms with E-state index in [2.05, 4.69) is 0 Å². The predicted molar refractivity (Wildman–Crippen MR) is 109 cm³/mol. The maximum absolute atomic E-state index is 14.8. The number of carbonyl (C=O) groups excluding carboxylic acids is 1. The van der Waals surface area contributed by atoms with E-state index in [9.17, 15) is 45.6 Å². The van der Waals surface area contributed by atoms with Gasteiger partial charge in [-0.25, -0.2) is 26.5 Å². The van der Waals surface area contributed by atoms with Crippen LogP contribution in [0.3, 0.4) is 0 Å². The molecule has 0 aliphatic rings. The van der Waals surface area contributed by atoms with Crippen LogP contribution in [0.15, 0.2) is 27.8 Å². The first-order valence-electron chi connectivity index (χ1n) is 9.24. The summed E-state index contributed by atoms with van der Waals surface area (Å²) in [7, 11) is -3.67. The van der Waals surface area contributed by atoms with Gasteiger partial charge in [-0.15, -0.1) is 0 Å². The summed E-state index contributed by atoms with van der Waals surface area (Å²) in [5.74, 6) is -3.19. The monoisotopic (exact) mass is 490 g/mol. The van der Waals surface area contributed by atoms with Crippen LogP contribution in [0.25, 0.3) is 5.69 Å². The van der Waals surface area contributed by atoms with Crippen LogP contribution in [0.1, 0.15) is 31.5 Å². The molecule has 33 heavy (non-hydrogen) atoms. The highest BCUT2D eigenvalue weighted by Gasteiger charge is 2.36. The Bertz CT molecular complexity index is 1390. The summed E-state index contributed by atoms with van der Waals surface area (Å²) in [6.45, 7) is 3.00. The summed E-state index contributed by atoms with van der Waals surface area (Å²) in [6.07, 6.45) is -4.20. The Balaban J connectivity index is 2.97. The minimum atomic E-state index is -5.06. The largest absolute Gasteiger partial charge is 0.431 e. The lowest BCUT2D eigenvalue weighted by Crippen LogP contribution is -2.42. The van der Waals surface area contributed by atoms with Crippen LogP contribution in [-0.2, 0) is 28.0 Å². The first-order chi connectivity index (χ1) is 15.1. The zero-order valence-electron chi connectivity index (χ0n) is 17.8. The van der Waals surface area contributed by atoms with Gasteiger partial charge in [0, 0.05) is 19.0 Å². The fourth-order valence-electron chi connectivity index (χ4n) is 2.93. The molecule has 0 saturated carbocycles. The lowest BCUT2D eigenvalue weighted by atomic mass is 10.1. The molecule has 1 aromatic heterocycles. The van der Waals surface area contributed by atoms with Crippen LogP contribution in [0.4, 0.5) is 23.2 Å². The number of amides is 1. The molecule has 1 amide bonds. The third-order valence-corrected chi connectivity index (χ3v) is 5.86. The molecule has 2 aromatic rings. The van der Waals surface area contributed by atoms with E-state index in [1.54, 1.807) is 6.92 Å². The van der Waals surface area contributed by atoms with Crippen molar-refractivity contribution in [2.45, 2.75) is 26.4 Å². The Morgan fingerprint density at radius 1 is 1.24 bits per heavy atom. The highest BCUT2D eigenvalue weighted by Crippen LogP contribution is 2.30. The van der Waals surface area contributed by atoms with Gasteiger partial charge in [-0.05, 0) is 18.6 Å². The Morgan fingerprint density at radius 3 is 2.27 bits per heavy atom. The second-order valence-electron chi connectivity index (χ2n) is 7.15. The molecule has 0 radical (unpaired) electrons. The van der Waals surface area contributed by atoms with Gasteiger partial charge in [0.05, 0.1) is 23.2 Å². The third kappa shape index (κ3) is 4.82. The Hall–Kier alpha value is -3.47. The van der Waals surface area contributed by atoms with Gasteiger partial charge in [0.15, 0.2) is 0 Å². The number of hydrogen-bond donors (Lipinski definition) is 0. The summed E-state index contributed by atoms with van der Waals surface area (Å²) in [6, 6.07) is 2.67. The van der Waals surface area contributed by atoms with Crippen molar-refractivity contribution in [1.29, 1.82) is 5.26 Å². The van der Waals surface area contributed by atoms with Crippen molar-refractivity contribution in [3.8, 4) is 11.8 Å². The predicted octanol–water partition coefficient (Wildman–Crippen LogP) is 1.90. The summed E-state index contributed by atoms with van der Waals surface area (Å²) >= 11 is 0. The third-order valence-electron chi connectivity index (χ3n) is 4.82. The van der Waals surface area contributed by atoms with Gasteiger partial charge < -0.3 is 0 Å². The average molecular weight is 490 g/mol. The Labute approximate surface area is 185 Å². The van der Waals surface area contributed by atoms with Gasteiger partial charge in [0.25, 0.3) is 5.56 Å². The summed E-state index contributed by atoms with van der Waals surface area (Å²) < 4.78 is 79.2. The molecule has 2 rings (SSSR count). The topological polar surface area (TPSA) is 122 Å². The maximum atomic E-state index is 14.8. The molecular weight excluding hydrogens is 472 g/mol. The highest BCUT2D eigenvalue weighted by molar-refractivity contribution is 7.92. The molecule has 0 N–H and O–H groups in total. The van der Waals surface area contributed by atoms with Gasteiger partial charge in [-0.2, -0.15) is 18.4 Å². The number of anilines is 1. The first kappa shape index (κ1) is 25.8. The number of benzene rings is 1. The average Bonchev–Trinajstić information content (AvgIpc) is 2.69. The molecule has 0 fully saturated rings. The number of carbonyl (C=O) groups is 1. The van der Waals surface area contributed by atoms with Gasteiger partial charge in [-0.1, -0.05) is 13.8 Å². The van der Waals surface area contributed by atoms with Crippen molar-refractivity contribution in [3.63, 3.8) is 0 Å². The van der Waals surface area contributed by atoms with E-state index in [-0.39, 0.29) is 25.9 Å². The van der Waals surface area contributed by atoms with Crippen molar-refractivity contribution >= 4 is 21.6 Å². The van der Waals surface area contributed by atoms with Gasteiger partial charge >= 0.3 is 11.9 Å². The van der Waals surface area contributed by atoms with Gasteiger partial charge in [-0.3, -0.25) is 14.2 Å². The maximum Gasteiger partial charge on any atom is 0.431 e. The van der Waals surface area contributed by atoms with E-state index >= 15 is 0 Å². The molecule has 14 heteroatoms. The van der Waals surface area contributed by atoms with Crippen molar-refractivity contribution in [2.24, 2.45) is 13.0 Å². The summed E-state index contributed by atoms with van der Waals surface area (Å²) in [4.78, 5) is 37.6. The molecular formula is C19H18F4N4O5S. The molecule has 0 bridgehead atoms. The van der Waals surface area contributed by atoms with Crippen molar-refractivity contribution in [3.05, 3.63) is 56.1 Å². The first-order valence-corrected chi connectivity index (χ1v) is 11.1. The number of alkyl halides is 3. The van der Waals surface area contributed by atoms with Crippen LogP contribution in [0, 0.1) is 23.1 Å². The molecule has 1 atom stereocenters. The van der Waals surface area contributed by atoms with E-state index in [1.807, 2.05) is 0 Å². The molecule has 0 spiro atoms. The lowest BCUT2D eigenvalue weighted by Gasteiger charge is -2.25. The van der Waals surface area contributed by atoms with E-state index in [0.717, 1.165) is 0 Å². The van der Waals surface area contributed by atoms with Crippen LogP contribution in [0.5, 0.6) is 0 Å². The highest BCUT2D eigenvalue weighted by atomic mass is 32.2. The van der Waals surface area contributed by atoms with Crippen molar-refractivity contribution in [2.75, 3.05) is 10.6 Å². The minimum absolute atomic E-state index is 0.0451. The zero-order valence-corrected chi connectivity index (χ0v) is 18.6. The SMILES string of the molecule is CCC(C)C(=O)N(c1cc(-n2c(=O)cc(C(F)(F)F)n(C)c2=O)c(F)cc1C#N)S(C)(=O)=O. The van der Waals surface area contributed by atoms with Gasteiger partial charge in [0.2, 0.25) is 15.9 Å². The summed E-state index contributed by atoms with van der Waals surface area (Å²) in [5.41, 5.74) is -6.94. The zero-order chi connectivity index (χ0) is 25.5. The van der Waals surface area contributed by atoms with Crippen LogP contribution in [-0.4, -0.2) is 29.7 Å². The molecule has 0 saturated heterocycles. The van der Waals surface area contributed by atoms with Crippen molar-refractivity contribution < 1.29 is 30.8 Å². The summed E-state index contributed by atoms with van der Waals surface area (Å²) in [5, 5.41) is 9.37. The second-order valence-corrected chi connectivity index (χ2v) is 8.98. The molecule has 1 aromatic carbocycles. The smallest absolute Gasteiger partial charge is 0.292 e. The van der Waals surface area contributed by atoms with Gasteiger partial charge in [0.1, 0.15) is 17.6 Å². The fourth-order valence-corrected chi connectivity index (χ4v) is 3.95. The number of nitrogens with zero attached hydrogens (tertiary/aromatic N) is 4. The number of aromatic nitrogens is 2. The molecule has 178 valence electrons. The lowest BCUT2D eigenvalue weighted by molar-refractivity contribution is -0.144. The normalized spacial score (nSPS) is 12.8. The molecule has 0 aliphatic heterocycles. The second kappa shape index (κ2) is 8.81. The van der Waals surface area contributed by atoms with E-state index in [0.29, 0.717) is 25.4 Å². The molecule has 9 nitrogen and oxygen atoms in total. The van der Waals surface area contributed by atoms with E-state index in [4.69, 9.17) is 0 Å². The van der Waals surface area contributed by atoms with Crippen molar-refractivity contribution in [1.82, 2.24) is 9.13 Å². The number of rotatable bonds is 5. The number of nitriles is 1. The molecule has 0 aliphatic carbocycles. The quantitative estimate of drug-likeness (QED) is 0.590. The van der Waals surface area contributed by atoms with Crippen LogP contribution >= 0.6 is 0 Å². The Morgan fingerprint density at radius 2 is 1.82 bits per heavy atom. The number of hydrogen-bond acceptors (Lipinski definition) is 6. The molecule has 1 unspecified atom stereocenters. The standard InChI is InChI=1S/C19H18F4N4O5S/c1-5-10(2)17(29)27(33(4,31)32)13-7-14(12(20)6-11(13)9-24)26-16(28)8-15(19(21,22)23)25(3)18(26)30/h6-8,10H,5H2,1-4H3. The molecule has 1 heterocycles.